The van der Waals surface area contributed by atoms with Crippen LogP contribution in [0.5, 0.6) is 5.75 Å². The van der Waals surface area contributed by atoms with E-state index in [-0.39, 0.29) is 5.92 Å². The number of halogens is 1. The molecule has 3 N–H and O–H groups in total. The first kappa shape index (κ1) is 21.2. The number of aromatic nitrogens is 4. The fourth-order valence-electron chi connectivity index (χ4n) is 4.29. The maximum Gasteiger partial charge on any atom is 0.229 e. The average molecular weight is 463 g/mol. The number of nitrogens with one attached hydrogen (secondary N) is 2. The van der Waals surface area contributed by atoms with Gasteiger partial charge in [-0.15, -0.1) is 0 Å². The molecule has 2 heterocycles. The van der Waals surface area contributed by atoms with Gasteiger partial charge in [0.1, 0.15) is 23.0 Å². The minimum Gasteiger partial charge on any atom is -0.494 e. The molecular weight excluding hydrogens is 440 g/mol. The van der Waals surface area contributed by atoms with Crippen LogP contribution in [0.25, 0.3) is 5.69 Å². The van der Waals surface area contributed by atoms with Crippen molar-refractivity contribution >= 4 is 29.1 Å². The fourth-order valence-corrected chi connectivity index (χ4v) is 4.44. The van der Waals surface area contributed by atoms with Crippen LogP contribution in [0.1, 0.15) is 35.3 Å². The van der Waals surface area contributed by atoms with Gasteiger partial charge in [0.15, 0.2) is 0 Å². The number of hydrogen-bond donors (Lipinski definition) is 3. The second kappa shape index (κ2) is 8.73. The van der Waals surface area contributed by atoms with E-state index in [4.69, 9.17) is 21.3 Å². The molecule has 2 aromatic heterocycles. The number of hydrogen-bond acceptors (Lipinski definition) is 7. The Kier molecular flexibility index (Phi) is 5.62. The Hall–Kier alpha value is -3.62. The van der Waals surface area contributed by atoms with E-state index in [0.29, 0.717) is 29.1 Å². The monoisotopic (exact) mass is 462 g/mol. The molecule has 33 heavy (non-hydrogen) atoms. The van der Waals surface area contributed by atoms with Crippen molar-refractivity contribution in [3.05, 3.63) is 83.0 Å². The number of aliphatic hydroxyl groups is 1. The number of aliphatic hydroxyl groups excluding tert-OH is 1. The molecule has 1 aliphatic rings. The lowest BCUT2D eigenvalue weighted by atomic mass is 9.96. The molecule has 0 amide bonds. The van der Waals surface area contributed by atoms with Gasteiger partial charge in [0.2, 0.25) is 5.95 Å². The van der Waals surface area contributed by atoms with Crippen LogP contribution in [0.15, 0.2) is 61.1 Å². The number of rotatable bonds is 6. The molecule has 0 saturated carbocycles. The molecule has 0 bridgehead atoms. The third-order valence-corrected chi connectivity index (χ3v) is 6.00. The summed E-state index contributed by atoms with van der Waals surface area (Å²) in [5.41, 5.74) is 4.26. The van der Waals surface area contributed by atoms with Crippen LogP contribution in [-0.4, -0.2) is 38.8 Å². The molecule has 0 fully saturated rings. The van der Waals surface area contributed by atoms with Gasteiger partial charge >= 0.3 is 0 Å². The predicted octanol–water partition coefficient (Wildman–Crippen LogP) is 4.68. The van der Waals surface area contributed by atoms with Crippen LogP contribution in [0, 0.1) is 0 Å². The van der Waals surface area contributed by atoms with Crippen LogP contribution in [0.4, 0.5) is 17.5 Å². The van der Waals surface area contributed by atoms with Gasteiger partial charge in [-0.25, -0.2) is 9.97 Å². The largest absolute Gasteiger partial charge is 0.494 e. The Morgan fingerprint density at radius 3 is 2.67 bits per heavy atom. The van der Waals surface area contributed by atoms with Crippen molar-refractivity contribution in [3.63, 3.8) is 0 Å². The summed E-state index contributed by atoms with van der Waals surface area (Å²) >= 11 is 5.96. The molecule has 1 aliphatic carbocycles. The van der Waals surface area contributed by atoms with Crippen molar-refractivity contribution in [2.24, 2.45) is 0 Å². The van der Waals surface area contributed by atoms with Crippen molar-refractivity contribution in [3.8, 4) is 11.4 Å². The average Bonchev–Trinajstić information content (AvgIpc) is 3.42. The number of methoxy groups -OCH3 is 1. The van der Waals surface area contributed by atoms with Gasteiger partial charge in [-0.3, -0.25) is 0 Å². The summed E-state index contributed by atoms with van der Waals surface area (Å²) in [6.45, 7) is 0. The number of benzene rings is 2. The van der Waals surface area contributed by atoms with Gasteiger partial charge in [-0.2, -0.15) is 4.98 Å². The van der Waals surface area contributed by atoms with Crippen LogP contribution in [-0.2, 0) is 0 Å². The fraction of sp³-hybridized carbons (Fsp3) is 0.208. The van der Waals surface area contributed by atoms with Crippen molar-refractivity contribution in [2.75, 3.05) is 24.8 Å². The summed E-state index contributed by atoms with van der Waals surface area (Å²) in [5, 5.41) is 17.5. The van der Waals surface area contributed by atoms with E-state index in [2.05, 4.69) is 32.7 Å². The Balaban J connectivity index is 1.51. The van der Waals surface area contributed by atoms with Crippen LogP contribution >= 0.6 is 11.6 Å². The van der Waals surface area contributed by atoms with Crippen molar-refractivity contribution in [1.82, 2.24) is 19.5 Å². The summed E-state index contributed by atoms with van der Waals surface area (Å²) in [7, 11) is 3.40. The third-order valence-electron chi connectivity index (χ3n) is 5.80. The standard InChI is InChI=1S/C24H23ClN6O2/c1-26-23-21-18(32)11-16(14-6-4-3-5-7-14)22(21)29-24(30-23)28-15-8-9-17(19(10-15)33-2)31-12-20(25)27-13-31/h3-10,12-13,16,18,32H,11H2,1-2H3,(H2,26,28,29,30). The predicted molar refractivity (Wildman–Crippen MR) is 128 cm³/mol. The van der Waals surface area contributed by atoms with Crippen LogP contribution < -0.4 is 15.4 Å². The smallest absolute Gasteiger partial charge is 0.229 e. The summed E-state index contributed by atoms with van der Waals surface area (Å²) in [6, 6.07) is 15.8. The maximum absolute atomic E-state index is 10.7. The molecule has 0 saturated heterocycles. The Labute approximate surface area is 196 Å². The number of imidazole rings is 1. The van der Waals surface area contributed by atoms with Gasteiger partial charge in [0.05, 0.1) is 24.6 Å². The topological polar surface area (TPSA) is 97.1 Å². The zero-order valence-electron chi connectivity index (χ0n) is 18.2. The molecule has 0 aliphatic heterocycles. The Bertz CT molecular complexity index is 1290. The Morgan fingerprint density at radius 1 is 1.15 bits per heavy atom. The van der Waals surface area contributed by atoms with Crippen LogP contribution in [0.2, 0.25) is 5.15 Å². The van der Waals surface area contributed by atoms with E-state index in [1.165, 1.54) is 0 Å². The van der Waals surface area contributed by atoms with Gasteiger partial charge < -0.3 is 25.0 Å². The van der Waals surface area contributed by atoms with E-state index in [9.17, 15) is 5.11 Å². The summed E-state index contributed by atoms with van der Waals surface area (Å²) in [5.74, 6) is 1.69. The molecule has 9 heteroatoms. The molecule has 2 aromatic carbocycles. The second-order valence-electron chi connectivity index (χ2n) is 7.77. The SMILES string of the molecule is CNc1nc(Nc2ccc(-n3cnc(Cl)c3)c(OC)c2)nc2c1C(O)CC2c1ccccc1. The van der Waals surface area contributed by atoms with Crippen molar-refractivity contribution in [1.29, 1.82) is 0 Å². The molecule has 8 nitrogen and oxygen atoms in total. The second-order valence-corrected chi connectivity index (χ2v) is 8.16. The highest BCUT2D eigenvalue weighted by atomic mass is 35.5. The van der Waals surface area contributed by atoms with E-state index in [1.807, 2.05) is 36.4 Å². The van der Waals surface area contributed by atoms with E-state index >= 15 is 0 Å². The maximum atomic E-state index is 10.7. The first-order chi connectivity index (χ1) is 16.1. The number of nitrogens with zero attached hydrogens (tertiary/aromatic N) is 4. The molecule has 2 atom stereocenters. The minimum absolute atomic E-state index is 0.00486. The number of fused-ring (bicyclic) bond motifs is 1. The molecule has 5 rings (SSSR count). The highest BCUT2D eigenvalue weighted by Crippen LogP contribution is 2.46. The normalized spacial score (nSPS) is 17.0. The van der Waals surface area contributed by atoms with E-state index in [0.717, 1.165) is 28.2 Å². The number of ether oxygens (including phenoxy) is 1. The van der Waals surface area contributed by atoms with Crippen molar-refractivity contribution in [2.45, 2.75) is 18.4 Å². The van der Waals surface area contributed by atoms with Gasteiger partial charge in [0.25, 0.3) is 0 Å². The summed E-state index contributed by atoms with van der Waals surface area (Å²) < 4.78 is 7.37. The van der Waals surface area contributed by atoms with Gasteiger partial charge in [0, 0.05) is 36.5 Å². The summed E-state index contributed by atoms with van der Waals surface area (Å²) in [6.07, 6.45) is 3.29. The molecule has 2 unspecified atom stereocenters. The highest BCUT2D eigenvalue weighted by molar-refractivity contribution is 6.29. The minimum atomic E-state index is -0.622. The first-order valence-corrected chi connectivity index (χ1v) is 10.9. The lowest BCUT2D eigenvalue weighted by Gasteiger charge is -2.16. The van der Waals surface area contributed by atoms with Crippen molar-refractivity contribution < 1.29 is 9.84 Å². The molecular formula is C24H23ClN6O2. The third kappa shape index (κ3) is 3.99. The Morgan fingerprint density at radius 2 is 1.97 bits per heavy atom. The highest BCUT2D eigenvalue weighted by Gasteiger charge is 2.35. The van der Waals surface area contributed by atoms with E-state index < -0.39 is 6.10 Å². The van der Waals surface area contributed by atoms with Gasteiger partial charge in [-0.05, 0) is 24.1 Å². The molecule has 0 radical (unpaired) electrons. The lowest BCUT2D eigenvalue weighted by Crippen LogP contribution is -2.08. The zero-order chi connectivity index (χ0) is 22.9. The lowest BCUT2D eigenvalue weighted by molar-refractivity contribution is 0.176. The number of anilines is 3. The summed E-state index contributed by atoms with van der Waals surface area (Å²) in [4.78, 5) is 13.5. The van der Waals surface area contributed by atoms with Gasteiger partial charge in [-0.1, -0.05) is 41.9 Å². The molecule has 4 aromatic rings. The first-order valence-electron chi connectivity index (χ1n) is 10.5. The van der Waals surface area contributed by atoms with E-state index in [1.54, 1.807) is 31.2 Å². The molecule has 0 spiro atoms. The quantitative estimate of drug-likeness (QED) is 0.382. The zero-order valence-corrected chi connectivity index (χ0v) is 18.9. The van der Waals surface area contributed by atoms with Crippen LogP contribution in [0.3, 0.4) is 0 Å². The molecule has 168 valence electrons.